The number of halogens is 1. The maximum Gasteiger partial charge on any atom is 0.308 e. The number of fused-ring (bicyclic) bond motifs is 1. The van der Waals surface area contributed by atoms with Crippen LogP contribution in [-0.2, 0) is 9.59 Å². The number of anilines is 1. The predicted molar refractivity (Wildman–Crippen MR) is 174 cm³/mol. The number of carboxylic acid groups (broad SMARTS) is 1. The van der Waals surface area contributed by atoms with E-state index in [-0.39, 0.29) is 42.6 Å². The Morgan fingerprint density at radius 2 is 1.82 bits per heavy atom. The van der Waals surface area contributed by atoms with Crippen molar-refractivity contribution in [3.63, 3.8) is 0 Å². The number of ether oxygens (including phenoxy) is 3. The highest BCUT2D eigenvalue weighted by molar-refractivity contribution is 5.95. The number of benzene rings is 2. The number of aryl methyl sites for hydroxylation is 1. The molecule has 2 aliphatic heterocycles. The fourth-order valence-electron chi connectivity index (χ4n) is 7.45. The average molecular weight is 627 g/mol. The van der Waals surface area contributed by atoms with Crippen LogP contribution in [0.3, 0.4) is 0 Å². The molecule has 2 aromatic rings. The summed E-state index contributed by atoms with van der Waals surface area (Å²) >= 11 is 0. The highest BCUT2D eigenvalue weighted by atomic mass is 19.1. The van der Waals surface area contributed by atoms with Gasteiger partial charge in [-0.25, -0.2) is 4.39 Å². The van der Waals surface area contributed by atoms with Gasteiger partial charge in [-0.15, -0.1) is 0 Å². The van der Waals surface area contributed by atoms with E-state index in [0.29, 0.717) is 41.5 Å². The summed E-state index contributed by atoms with van der Waals surface area (Å²) in [5.41, 5.74) is 1.83. The van der Waals surface area contributed by atoms with Gasteiger partial charge >= 0.3 is 5.97 Å². The topological polar surface area (TPSA) is 88.5 Å². The predicted octanol–water partition coefficient (Wildman–Crippen LogP) is 7.56. The number of carbonyl (C=O) groups is 2. The molecule has 1 N–H and O–H groups in total. The molecule has 45 heavy (non-hydrogen) atoms. The number of amides is 1. The van der Waals surface area contributed by atoms with Crippen LogP contribution < -0.4 is 19.1 Å². The molecule has 0 aliphatic carbocycles. The molecule has 0 aromatic heterocycles. The molecule has 2 heterocycles. The molecular weight excluding hydrogens is 575 g/mol. The molecule has 0 spiro atoms. The van der Waals surface area contributed by atoms with E-state index in [0.717, 1.165) is 44.1 Å². The van der Waals surface area contributed by atoms with Gasteiger partial charge in [0.2, 0.25) is 18.4 Å². The smallest absolute Gasteiger partial charge is 0.308 e. The average Bonchev–Trinajstić information content (AvgIpc) is 3.59. The van der Waals surface area contributed by atoms with E-state index in [9.17, 15) is 19.1 Å². The number of carboxylic acids is 1. The minimum absolute atomic E-state index is 0.0425. The van der Waals surface area contributed by atoms with E-state index in [1.54, 1.807) is 26.2 Å². The molecule has 9 heteroatoms. The third-order valence-corrected chi connectivity index (χ3v) is 9.47. The number of likely N-dealkylation sites (tertiary alicyclic amines) is 1. The molecule has 2 aromatic carbocycles. The summed E-state index contributed by atoms with van der Waals surface area (Å²) in [6.07, 6.45) is 6.00. The van der Waals surface area contributed by atoms with Crippen molar-refractivity contribution in [2.24, 2.45) is 11.3 Å². The van der Waals surface area contributed by atoms with Gasteiger partial charge in [0.05, 0.1) is 19.6 Å². The van der Waals surface area contributed by atoms with Crippen LogP contribution in [0.2, 0.25) is 0 Å². The maximum atomic E-state index is 14.5. The zero-order chi connectivity index (χ0) is 32.9. The molecule has 0 bridgehead atoms. The highest BCUT2D eigenvalue weighted by Crippen LogP contribution is 2.48. The first-order chi connectivity index (χ1) is 21.4. The number of nitrogens with zero attached hydrogens (tertiary/aromatic N) is 2. The van der Waals surface area contributed by atoms with E-state index in [4.69, 9.17) is 14.2 Å². The lowest BCUT2D eigenvalue weighted by Crippen LogP contribution is -2.48. The third kappa shape index (κ3) is 7.74. The van der Waals surface area contributed by atoms with Crippen molar-refractivity contribution < 1.29 is 33.3 Å². The zero-order valence-corrected chi connectivity index (χ0v) is 28.0. The Bertz CT molecular complexity index is 1340. The zero-order valence-electron chi connectivity index (χ0n) is 28.0. The standard InChI is InChI=1S/C36H51FN2O6/c1-8-11-25(12-9-2)39(26-13-14-28(37)23(4)16-26)32(40)21-38-20-27(24-17-30(43-7)34-31(18-24)44-22-45-34)33(35(41)42)29(38)19-36(5,6)15-10-3/h13-14,16-18,25,27,29,33H,8-12,15,19-22H2,1-7H3,(H,41,42)/t27-,29+,33-/m1/s1. The summed E-state index contributed by atoms with van der Waals surface area (Å²) < 4.78 is 31.2. The number of aliphatic carboxylic acids is 1. The van der Waals surface area contributed by atoms with Gasteiger partial charge in [-0.3, -0.25) is 14.5 Å². The van der Waals surface area contributed by atoms with Crippen molar-refractivity contribution in [3.8, 4) is 17.2 Å². The molecule has 1 fully saturated rings. The Labute approximate surface area is 267 Å². The summed E-state index contributed by atoms with van der Waals surface area (Å²) in [4.78, 5) is 31.5. The second-order valence-electron chi connectivity index (χ2n) is 13.5. The number of hydrogen-bond acceptors (Lipinski definition) is 6. The largest absolute Gasteiger partial charge is 0.493 e. The van der Waals surface area contributed by atoms with E-state index in [1.165, 1.54) is 6.07 Å². The normalized spacial score (nSPS) is 19.7. The number of rotatable bonds is 15. The molecule has 2 aliphatic rings. The molecule has 248 valence electrons. The van der Waals surface area contributed by atoms with Crippen LogP contribution in [0.5, 0.6) is 17.2 Å². The van der Waals surface area contributed by atoms with E-state index in [2.05, 4.69) is 39.5 Å². The van der Waals surface area contributed by atoms with Crippen LogP contribution in [0.25, 0.3) is 0 Å². The Kier molecular flexibility index (Phi) is 11.4. The van der Waals surface area contributed by atoms with Crippen LogP contribution >= 0.6 is 0 Å². The summed E-state index contributed by atoms with van der Waals surface area (Å²) in [6.45, 7) is 13.0. The lowest BCUT2D eigenvalue weighted by molar-refractivity contribution is -0.143. The van der Waals surface area contributed by atoms with Crippen molar-refractivity contribution in [2.75, 3.05) is 31.9 Å². The minimum atomic E-state index is -0.885. The van der Waals surface area contributed by atoms with Crippen molar-refractivity contribution >= 4 is 17.6 Å². The minimum Gasteiger partial charge on any atom is -0.493 e. The van der Waals surface area contributed by atoms with Crippen LogP contribution in [0.4, 0.5) is 10.1 Å². The Morgan fingerprint density at radius 3 is 2.42 bits per heavy atom. The summed E-state index contributed by atoms with van der Waals surface area (Å²) in [5.74, 6) is -0.886. The summed E-state index contributed by atoms with van der Waals surface area (Å²) in [7, 11) is 1.56. The van der Waals surface area contributed by atoms with Crippen molar-refractivity contribution in [1.29, 1.82) is 0 Å². The maximum absolute atomic E-state index is 14.5. The Morgan fingerprint density at radius 1 is 1.11 bits per heavy atom. The molecule has 8 nitrogen and oxygen atoms in total. The lowest BCUT2D eigenvalue weighted by Gasteiger charge is -2.37. The van der Waals surface area contributed by atoms with Gasteiger partial charge in [0.15, 0.2) is 11.5 Å². The van der Waals surface area contributed by atoms with Crippen LogP contribution in [0.1, 0.15) is 96.6 Å². The van der Waals surface area contributed by atoms with Gasteiger partial charge in [0, 0.05) is 30.2 Å². The van der Waals surface area contributed by atoms with Crippen LogP contribution in [-0.4, -0.2) is 61.0 Å². The SMILES string of the molecule is CCCC(CCC)N(C(=O)CN1C[C@H](c2cc(OC)c3c(c2)OCO3)[C@@H](C(=O)O)[C@@H]1CC(C)(C)CCC)c1ccc(F)c(C)c1. The van der Waals surface area contributed by atoms with E-state index < -0.39 is 17.8 Å². The monoisotopic (exact) mass is 626 g/mol. The molecule has 4 rings (SSSR count). The Hall–Kier alpha value is -3.33. The molecule has 0 unspecified atom stereocenters. The molecule has 0 saturated carbocycles. The van der Waals surface area contributed by atoms with Crippen LogP contribution in [0.15, 0.2) is 30.3 Å². The first-order valence-corrected chi connectivity index (χ1v) is 16.5. The quantitative estimate of drug-likeness (QED) is 0.218. The fraction of sp³-hybridized carbons (Fsp3) is 0.611. The number of hydrogen-bond donors (Lipinski definition) is 1. The van der Waals surface area contributed by atoms with E-state index >= 15 is 0 Å². The van der Waals surface area contributed by atoms with Gasteiger partial charge < -0.3 is 24.2 Å². The molecule has 0 radical (unpaired) electrons. The molecular formula is C36H51FN2O6. The van der Waals surface area contributed by atoms with Crippen molar-refractivity contribution in [3.05, 3.63) is 47.3 Å². The van der Waals surface area contributed by atoms with Gasteiger partial charge in [-0.05, 0) is 79.5 Å². The summed E-state index contributed by atoms with van der Waals surface area (Å²) in [6, 6.07) is 8.15. The second kappa shape index (κ2) is 14.8. The van der Waals surface area contributed by atoms with Crippen molar-refractivity contribution in [1.82, 2.24) is 4.90 Å². The molecule has 1 saturated heterocycles. The highest BCUT2D eigenvalue weighted by Gasteiger charge is 2.49. The van der Waals surface area contributed by atoms with Gasteiger partial charge in [0.1, 0.15) is 5.82 Å². The van der Waals surface area contributed by atoms with Gasteiger partial charge in [-0.1, -0.05) is 53.9 Å². The first kappa shape index (κ1) is 34.5. The molecule has 1 amide bonds. The number of methoxy groups -OCH3 is 1. The van der Waals surface area contributed by atoms with Gasteiger partial charge in [0.25, 0.3) is 0 Å². The fourth-order valence-corrected chi connectivity index (χ4v) is 7.45. The van der Waals surface area contributed by atoms with E-state index in [1.807, 2.05) is 17.0 Å². The lowest BCUT2D eigenvalue weighted by atomic mass is 9.76. The Balaban J connectivity index is 1.76. The van der Waals surface area contributed by atoms with Gasteiger partial charge in [-0.2, -0.15) is 0 Å². The van der Waals surface area contributed by atoms with Crippen molar-refractivity contribution in [2.45, 2.75) is 104 Å². The van der Waals surface area contributed by atoms with Crippen LogP contribution in [0, 0.1) is 24.1 Å². The summed E-state index contributed by atoms with van der Waals surface area (Å²) in [5, 5.41) is 10.7. The third-order valence-electron chi connectivity index (χ3n) is 9.47. The first-order valence-electron chi connectivity index (χ1n) is 16.5. The second-order valence-corrected chi connectivity index (χ2v) is 13.5. The molecule has 3 atom stereocenters. The number of carbonyl (C=O) groups excluding carboxylic acids is 1.